The molecule has 0 radical (unpaired) electrons. The maximum Gasteiger partial charge on any atom is 0.349 e. The van der Waals surface area contributed by atoms with Crippen LogP contribution in [0.3, 0.4) is 0 Å². The highest BCUT2D eigenvalue weighted by Crippen LogP contribution is 2.15. The monoisotopic (exact) mass is 276 g/mol. The van der Waals surface area contributed by atoms with E-state index < -0.39 is 0 Å². The van der Waals surface area contributed by atoms with Gasteiger partial charge in [0, 0.05) is 10.9 Å². The third-order valence-electron chi connectivity index (χ3n) is 2.84. The first-order valence-corrected chi connectivity index (χ1v) is 6.61. The van der Waals surface area contributed by atoms with Crippen LogP contribution in [-0.4, -0.2) is 24.6 Å². The Hall–Kier alpha value is -2.22. The van der Waals surface area contributed by atoms with Crippen LogP contribution in [0.25, 0.3) is 5.65 Å². The maximum absolute atomic E-state index is 11.5. The first kappa shape index (κ1) is 11.8. The van der Waals surface area contributed by atoms with Crippen LogP contribution >= 0.6 is 11.3 Å². The summed E-state index contributed by atoms with van der Waals surface area (Å²) in [5.41, 5.74) is 3.12. The molecule has 0 amide bonds. The van der Waals surface area contributed by atoms with E-state index in [0.29, 0.717) is 23.8 Å². The smallest absolute Gasteiger partial charge is 0.349 e. The van der Waals surface area contributed by atoms with E-state index in [0.717, 1.165) is 5.69 Å². The van der Waals surface area contributed by atoms with Gasteiger partial charge in [-0.1, -0.05) is 0 Å². The van der Waals surface area contributed by atoms with Crippen molar-refractivity contribution < 1.29 is 0 Å². The predicted octanol–water partition coefficient (Wildman–Crippen LogP) is 1.10. The molecule has 0 fully saturated rings. The summed E-state index contributed by atoms with van der Waals surface area (Å²) in [7, 11) is 0. The Labute approximate surface area is 112 Å². The number of H-pyrrole nitrogens is 1. The van der Waals surface area contributed by atoms with Gasteiger partial charge in [0.1, 0.15) is 11.6 Å². The molecule has 0 aliphatic heterocycles. The van der Waals surface area contributed by atoms with E-state index in [4.69, 9.17) is 0 Å². The summed E-state index contributed by atoms with van der Waals surface area (Å²) in [6.45, 7) is 4.41. The molecule has 3 aromatic rings. The van der Waals surface area contributed by atoms with Crippen molar-refractivity contribution in [2.45, 2.75) is 20.4 Å². The van der Waals surface area contributed by atoms with Gasteiger partial charge in [0.15, 0.2) is 5.65 Å². The quantitative estimate of drug-likeness (QED) is 0.748. The molecule has 0 aliphatic rings. The normalized spacial score (nSPS) is 11.1. The SMILES string of the molecule is Cc1ncsc1CNc1cc2n[nH]c(=O)n2c(C)n1. The topological polar surface area (TPSA) is 88.0 Å². The first-order valence-electron chi connectivity index (χ1n) is 5.73. The lowest BCUT2D eigenvalue weighted by Crippen LogP contribution is -2.14. The van der Waals surface area contributed by atoms with Gasteiger partial charge < -0.3 is 5.32 Å². The third kappa shape index (κ3) is 2.10. The summed E-state index contributed by atoms with van der Waals surface area (Å²) < 4.78 is 1.43. The molecule has 2 N–H and O–H groups in total. The Bertz CT molecular complexity index is 786. The number of hydrogen-bond donors (Lipinski definition) is 2. The van der Waals surface area contributed by atoms with Crippen LogP contribution in [0.2, 0.25) is 0 Å². The van der Waals surface area contributed by atoms with E-state index in [1.807, 2.05) is 12.4 Å². The molecule has 0 saturated heterocycles. The van der Waals surface area contributed by atoms with Gasteiger partial charge in [-0.2, -0.15) is 5.10 Å². The standard InChI is InChI=1S/C11H12N6OS/c1-6-8(19-5-13-6)4-12-9-3-10-15-16-11(18)17(10)7(2)14-9/h3,5,12H,4H2,1-2H3,(H,16,18). The van der Waals surface area contributed by atoms with E-state index in [2.05, 4.69) is 25.5 Å². The second kappa shape index (κ2) is 4.47. The minimum Gasteiger partial charge on any atom is -0.365 e. The first-order chi connectivity index (χ1) is 9.15. The van der Waals surface area contributed by atoms with Crippen LogP contribution in [0, 0.1) is 13.8 Å². The average molecular weight is 276 g/mol. The highest BCUT2D eigenvalue weighted by atomic mass is 32.1. The average Bonchev–Trinajstić information content (AvgIpc) is 2.94. The summed E-state index contributed by atoms with van der Waals surface area (Å²) in [5.74, 6) is 1.29. The summed E-state index contributed by atoms with van der Waals surface area (Å²) in [6.07, 6.45) is 0. The summed E-state index contributed by atoms with van der Waals surface area (Å²) >= 11 is 1.60. The van der Waals surface area contributed by atoms with Gasteiger partial charge >= 0.3 is 5.69 Å². The summed E-state index contributed by atoms with van der Waals surface area (Å²) in [4.78, 5) is 21.2. The number of rotatable bonds is 3. The molecule has 98 valence electrons. The van der Waals surface area contributed by atoms with E-state index in [1.54, 1.807) is 24.3 Å². The molecule has 19 heavy (non-hydrogen) atoms. The van der Waals surface area contributed by atoms with Gasteiger partial charge in [-0.05, 0) is 13.8 Å². The van der Waals surface area contributed by atoms with Crippen molar-refractivity contribution in [2.24, 2.45) is 0 Å². The predicted molar refractivity (Wildman–Crippen MR) is 72.5 cm³/mol. The Morgan fingerprint density at radius 1 is 1.47 bits per heavy atom. The molecule has 0 saturated carbocycles. The van der Waals surface area contributed by atoms with Crippen LogP contribution < -0.4 is 11.0 Å². The lowest BCUT2D eigenvalue weighted by molar-refractivity contribution is 0.931. The fraction of sp³-hybridized carbons (Fsp3) is 0.273. The van der Waals surface area contributed by atoms with Gasteiger partial charge in [0.05, 0.1) is 17.7 Å². The molecule has 3 rings (SSSR count). The largest absolute Gasteiger partial charge is 0.365 e. The van der Waals surface area contributed by atoms with Crippen molar-refractivity contribution in [3.63, 3.8) is 0 Å². The molecule has 0 atom stereocenters. The second-order valence-electron chi connectivity index (χ2n) is 4.13. The number of thiazole rings is 1. The van der Waals surface area contributed by atoms with Gasteiger partial charge in [-0.25, -0.2) is 24.3 Å². The molecule has 7 nitrogen and oxygen atoms in total. The Morgan fingerprint density at radius 2 is 2.32 bits per heavy atom. The number of nitrogens with zero attached hydrogens (tertiary/aromatic N) is 4. The zero-order valence-corrected chi connectivity index (χ0v) is 11.3. The number of fused-ring (bicyclic) bond motifs is 1. The van der Waals surface area contributed by atoms with Crippen molar-refractivity contribution in [1.82, 2.24) is 24.6 Å². The molecular weight excluding hydrogens is 264 g/mol. The molecule has 3 heterocycles. The number of nitrogens with one attached hydrogen (secondary N) is 2. The van der Waals surface area contributed by atoms with Crippen LogP contribution in [0.5, 0.6) is 0 Å². The molecule has 0 aromatic carbocycles. The molecule has 0 unspecified atom stereocenters. The fourth-order valence-electron chi connectivity index (χ4n) is 1.85. The molecule has 0 aliphatic carbocycles. The van der Waals surface area contributed by atoms with Crippen LogP contribution in [0.1, 0.15) is 16.4 Å². The molecule has 0 spiro atoms. The lowest BCUT2D eigenvalue weighted by Gasteiger charge is -2.06. The number of aromatic amines is 1. The lowest BCUT2D eigenvalue weighted by atomic mass is 10.4. The summed E-state index contributed by atoms with van der Waals surface area (Å²) in [5, 5.41) is 9.56. The van der Waals surface area contributed by atoms with Crippen molar-refractivity contribution in [3.05, 3.63) is 38.5 Å². The van der Waals surface area contributed by atoms with E-state index >= 15 is 0 Å². The Morgan fingerprint density at radius 3 is 3.05 bits per heavy atom. The maximum atomic E-state index is 11.5. The Kier molecular flexibility index (Phi) is 2.79. The van der Waals surface area contributed by atoms with E-state index in [-0.39, 0.29) is 5.69 Å². The number of anilines is 1. The Balaban J connectivity index is 1.90. The van der Waals surface area contributed by atoms with Gasteiger partial charge in [0.25, 0.3) is 0 Å². The highest BCUT2D eigenvalue weighted by Gasteiger charge is 2.07. The van der Waals surface area contributed by atoms with Crippen molar-refractivity contribution in [3.8, 4) is 0 Å². The van der Waals surface area contributed by atoms with Gasteiger partial charge in [-0.15, -0.1) is 11.3 Å². The molecule has 0 bridgehead atoms. The minimum absolute atomic E-state index is 0.273. The van der Waals surface area contributed by atoms with E-state index in [9.17, 15) is 4.79 Å². The molecule has 3 aromatic heterocycles. The zero-order valence-electron chi connectivity index (χ0n) is 10.5. The number of aryl methyl sites for hydroxylation is 2. The van der Waals surface area contributed by atoms with Gasteiger partial charge in [-0.3, -0.25) is 0 Å². The fourth-order valence-corrected chi connectivity index (χ4v) is 2.57. The number of hydrogen-bond acceptors (Lipinski definition) is 6. The van der Waals surface area contributed by atoms with Crippen LogP contribution in [-0.2, 0) is 6.54 Å². The van der Waals surface area contributed by atoms with Crippen molar-refractivity contribution in [2.75, 3.05) is 5.32 Å². The summed E-state index contributed by atoms with van der Waals surface area (Å²) in [6, 6.07) is 1.74. The van der Waals surface area contributed by atoms with Crippen molar-refractivity contribution in [1.29, 1.82) is 0 Å². The van der Waals surface area contributed by atoms with Crippen molar-refractivity contribution >= 4 is 22.8 Å². The second-order valence-corrected chi connectivity index (χ2v) is 5.06. The highest BCUT2D eigenvalue weighted by molar-refractivity contribution is 7.09. The van der Waals surface area contributed by atoms with Gasteiger partial charge in [0.2, 0.25) is 0 Å². The van der Waals surface area contributed by atoms with Crippen LogP contribution in [0.4, 0.5) is 5.82 Å². The minimum atomic E-state index is -0.273. The molecular formula is C11H12N6OS. The third-order valence-corrected chi connectivity index (χ3v) is 3.78. The van der Waals surface area contributed by atoms with Crippen LogP contribution in [0.15, 0.2) is 16.4 Å². The van der Waals surface area contributed by atoms with E-state index in [1.165, 1.54) is 9.28 Å². The number of aromatic nitrogens is 5. The molecule has 8 heteroatoms. The zero-order chi connectivity index (χ0) is 13.4.